The molecule has 1 aromatic carbocycles. The lowest BCUT2D eigenvalue weighted by atomic mass is 10.2. The summed E-state index contributed by atoms with van der Waals surface area (Å²) in [4.78, 5) is 21.5. The Morgan fingerprint density at radius 3 is 2.95 bits per heavy atom. The third-order valence-electron chi connectivity index (χ3n) is 2.99. The van der Waals surface area contributed by atoms with E-state index in [-0.39, 0.29) is 19.1 Å². The predicted molar refractivity (Wildman–Crippen MR) is 74.4 cm³/mol. The molecule has 1 fully saturated rings. The van der Waals surface area contributed by atoms with Crippen LogP contribution in [0.4, 0.5) is 0 Å². The van der Waals surface area contributed by atoms with E-state index in [4.69, 9.17) is 4.84 Å². The van der Waals surface area contributed by atoms with Crippen LogP contribution < -0.4 is 0 Å². The van der Waals surface area contributed by atoms with Gasteiger partial charge in [-0.25, -0.2) is 10.0 Å². The SMILES string of the molecule is O=C(c1csc(Cc2ccccc2)n1)N1C[C@@H](O)CO1. The van der Waals surface area contributed by atoms with E-state index in [0.717, 1.165) is 10.6 Å². The molecule has 3 rings (SSSR count). The minimum atomic E-state index is -0.610. The summed E-state index contributed by atoms with van der Waals surface area (Å²) < 4.78 is 0. The number of aliphatic hydroxyl groups excluding tert-OH is 1. The maximum Gasteiger partial charge on any atom is 0.296 e. The van der Waals surface area contributed by atoms with Crippen LogP contribution in [-0.4, -0.2) is 40.3 Å². The van der Waals surface area contributed by atoms with E-state index in [1.165, 1.54) is 16.4 Å². The van der Waals surface area contributed by atoms with Crippen LogP contribution in [0.2, 0.25) is 0 Å². The molecule has 1 aliphatic rings. The Hall–Kier alpha value is -1.76. The Labute approximate surface area is 120 Å². The van der Waals surface area contributed by atoms with Gasteiger partial charge in [-0.05, 0) is 5.56 Å². The first-order valence-corrected chi connectivity index (χ1v) is 7.21. The number of aliphatic hydroxyl groups is 1. The first kappa shape index (κ1) is 13.2. The fourth-order valence-electron chi connectivity index (χ4n) is 2.00. The number of β-amino-alcohol motifs (C(OH)–C–C–N with tert-alkyl or cyclic N) is 1. The molecular formula is C14H14N2O3S. The minimum Gasteiger partial charge on any atom is -0.389 e. The molecule has 0 unspecified atom stereocenters. The standard InChI is InChI=1S/C14H14N2O3S/c17-11-7-16(19-8-11)14(18)12-9-20-13(15-12)6-10-4-2-1-3-5-10/h1-5,9,11,17H,6-8H2/t11-/m1/s1. The Kier molecular flexibility index (Phi) is 3.77. The highest BCUT2D eigenvalue weighted by molar-refractivity contribution is 7.09. The third-order valence-corrected chi connectivity index (χ3v) is 3.84. The predicted octanol–water partition coefficient (Wildman–Crippen LogP) is 1.48. The number of hydrogen-bond acceptors (Lipinski definition) is 5. The van der Waals surface area contributed by atoms with Crippen molar-refractivity contribution in [2.24, 2.45) is 0 Å². The first-order chi connectivity index (χ1) is 9.72. The smallest absolute Gasteiger partial charge is 0.296 e. The molecule has 0 aliphatic carbocycles. The van der Waals surface area contributed by atoms with Crippen LogP contribution >= 0.6 is 11.3 Å². The van der Waals surface area contributed by atoms with Crippen molar-refractivity contribution in [2.75, 3.05) is 13.2 Å². The van der Waals surface area contributed by atoms with Gasteiger partial charge in [0, 0.05) is 11.8 Å². The maximum atomic E-state index is 12.1. The first-order valence-electron chi connectivity index (χ1n) is 6.33. The number of thiazole rings is 1. The molecule has 20 heavy (non-hydrogen) atoms. The van der Waals surface area contributed by atoms with Crippen LogP contribution in [-0.2, 0) is 11.3 Å². The summed E-state index contributed by atoms with van der Waals surface area (Å²) in [5.41, 5.74) is 1.53. The van der Waals surface area contributed by atoms with E-state index < -0.39 is 6.10 Å². The third kappa shape index (κ3) is 2.87. The zero-order valence-corrected chi connectivity index (χ0v) is 11.5. The Morgan fingerprint density at radius 2 is 2.25 bits per heavy atom. The highest BCUT2D eigenvalue weighted by atomic mass is 32.1. The average Bonchev–Trinajstić information content (AvgIpc) is 3.08. The largest absolute Gasteiger partial charge is 0.389 e. The van der Waals surface area contributed by atoms with Gasteiger partial charge in [0.1, 0.15) is 18.4 Å². The van der Waals surface area contributed by atoms with Crippen molar-refractivity contribution in [1.82, 2.24) is 10.0 Å². The van der Waals surface area contributed by atoms with E-state index in [2.05, 4.69) is 4.98 Å². The molecular weight excluding hydrogens is 276 g/mol. The number of amides is 1. The van der Waals surface area contributed by atoms with Gasteiger partial charge in [0.15, 0.2) is 0 Å². The quantitative estimate of drug-likeness (QED) is 0.930. The number of benzene rings is 1. The summed E-state index contributed by atoms with van der Waals surface area (Å²) in [7, 11) is 0. The molecule has 2 aromatic rings. The van der Waals surface area contributed by atoms with Gasteiger partial charge in [0.25, 0.3) is 5.91 Å². The molecule has 0 bridgehead atoms. The van der Waals surface area contributed by atoms with Crippen molar-refractivity contribution < 1.29 is 14.7 Å². The fourth-order valence-corrected chi connectivity index (χ4v) is 2.81. The number of hydrogen-bond donors (Lipinski definition) is 1. The molecule has 1 N–H and O–H groups in total. The lowest BCUT2D eigenvalue weighted by molar-refractivity contribution is -0.0782. The molecule has 0 radical (unpaired) electrons. The lowest BCUT2D eigenvalue weighted by Crippen LogP contribution is -2.28. The second-order valence-electron chi connectivity index (χ2n) is 4.60. The normalized spacial score (nSPS) is 18.4. The number of carbonyl (C=O) groups is 1. The van der Waals surface area contributed by atoms with E-state index in [1.54, 1.807) is 5.38 Å². The molecule has 1 aliphatic heterocycles. The molecule has 0 saturated carbocycles. The lowest BCUT2D eigenvalue weighted by Gasteiger charge is -2.11. The van der Waals surface area contributed by atoms with Gasteiger partial charge in [0.05, 0.1) is 11.6 Å². The van der Waals surface area contributed by atoms with E-state index in [1.807, 2.05) is 30.3 Å². The fraction of sp³-hybridized carbons (Fsp3) is 0.286. The summed E-state index contributed by atoms with van der Waals surface area (Å²) in [6.45, 7) is 0.358. The topological polar surface area (TPSA) is 62.7 Å². The van der Waals surface area contributed by atoms with Gasteiger partial charge in [-0.1, -0.05) is 30.3 Å². The van der Waals surface area contributed by atoms with Gasteiger partial charge >= 0.3 is 0 Å². The van der Waals surface area contributed by atoms with Crippen LogP contribution in [0.3, 0.4) is 0 Å². The summed E-state index contributed by atoms with van der Waals surface area (Å²) in [6, 6.07) is 9.99. The van der Waals surface area contributed by atoms with Gasteiger partial charge in [-0.2, -0.15) is 0 Å². The van der Waals surface area contributed by atoms with E-state index in [0.29, 0.717) is 12.1 Å². The summed E-state index contributed by atoms with van der Waals surface area (Å²) >= 11 is 1.46. The van der Waals surface area contributed by atoms with Crippen molar-refractivity contribution in [3.63, 3.8) is 0 Å². The number of carbonyl (C=O) groups excluding carboxylic acids is 1. The summed E-state index contributed by atoms with van der Waals surface area (Å²) in [6.07, 6.45) is 0.101. The second kappa shape index (κ2) is 5.70. The van der Waals surface area contributed by atoms with Crippen LogP contribution in [0, 0.1) is 0 Å². The van der Waals surface area contributed by atoms with Gasteiger partial charge < -0.3 is 5.11 Å². The van der Waals surface area contributed by atoms with Gasteiger partial charge in [-0.15, -0.1) is 11.3 Å². The number of hydroxylamine groups is 2. The highest BCUT2D eigenvalue weighted by Crippen LogP contribution is 2.17. The van der Waals surface area contributed by atoms with Crippen LogP contribution in [0.1, 0.15) is 21.1 Å². The zero-order valence-electron chi connectivity index (χ0n) is 10.7. The molecule has 2 heterocycles. The average molecular weight is 290 g/mol. The molecule has 1 aromatic heterocycles. The number of rotatable bonds is 3. The van der Waals surface area contributed by atoms with Gasteiger partial charge in [-0.3, -0.25) is 9.63 Å². The van der Waals surface area contributed by atoms with Gasteiger partial charge in [0.2, 0.25) is 0 Å². The van der Waals surface area contributed by atoms with Crippen molar-refractivity contribution >= 4 is 17.2 Å². The van der Waals surface area contributed by atoms with E-state index >= 15 is 0 Å². The molecule has 1 amide bonds. The Balaban J connectivity index is 1.69. The molecule has 5 nitrogen and oxygen atoms in total. The highest BCUT2D eigenvalue weighted by Gasteiger charge is 2.28. The molecule has 104 valence electrons. The molecule has 1 saturated heterocycles. The summed E-state index contributed by atoms with van der Waals surface area (Å²) in [5, 5.41) is 13.2. The molecule has 6 heteroatoms. The minimum absolute atomic E-state index is 0.159. The molecule has 1 atom stereocenters. The summed E-state index contributed by atoms with van der Waals surface area (Å²) in [5.74, 6) is -0.294. The monoisotopic (exact) mass is 290 g/mol. The van der Waals surface area contributed by atoms with E-state index in [9.17, 15) is 9.90 Å². The van der Waals surface area contributed by atoms with Crippen molar-refractivity contribution in [3.05, 3.63) is 52.0 Å². The second-order valence-corrected chi connectivity index (χ2v) is 5.55. The Morgan fingerprint density at radius 1 is 1.45 bits per heavy atom. The number of nitrogens with zero attached hydrogens (tertiary/aromatic N) is 2. The van der Waals surface area contributed by atoms with Crippen molar-refractivity contribution in [3.8, 4) is 0 Å². The van der Waals surface area contributed by atoms with Crippen molar-refractivity contribution in [1.29, 1.82) is 0 Å². The van der Waals surface area contributed by atoms with Crippen molar-refractivity contribution in [2.45, 2.75) is 12.5 Å². The zero-order chi connectivity index (χ0) is 13.9. The van der Waals surface area contributed by atoms with Crippen LogP contribution in [0.25, 0.3) is 0 Å². The number of aromatic nitrogens is 1. The van der Waals surface area contributed by atoms with Crippen LogP contribution in [0.5, 0.6) is 0 Å². The Bertz CT molecular complexity index is 599. The maximum absolute atomic E-state index is 12.1. The van der Waals surface area contributed by atoms with Crippen LogP contribution in [0.15, 0.2) is 35.7 Å². The molecule has 0 spiro atoms.